The van der Waals surface area contributed by atoms with E-state index >= 15 is 0 Å². The van der Waals surface area contributed by atoms with Crippen molar-refractivity contribution in [2.45, 2.75) is 6.42 Å². The first-order chi connectivity index (χ1) is 10.0. The molecule has 9 heteroatoms. The number of carbonyl (C=O) groups excluding carboxylic acids is 2. The van der Waals surface area contributed by atoms with E-state index in [0.29, 0.717) is 18.9 Å². The molecule has 1 aliphatic rings. The Hall–Kier alpha value is -2.55. The third kappa shape index (κ3) is 3.31. The monoisotopic (exact) mass is 294 g/mol. The number of carboxylic acids is 1. The minimum Gasteiger partial charge on any atom is -0.477 e. The fraction of sp³-hybridized carbons (Fsp3) is 0.417. The van der Waals surface area contributed by atoms with Gasteiger partial charge in [0.15, 0.2) is 6.54 Å². The molecule has 2 rings (SSSR count). The number of rotatable bonds is 7. The number of anilines is 1. The van der Waals surface area contributed by atoms with Gasteiger partial charge in [0.25, 0.3) is 0 Å². The Morgan fingerprint density at radius 3 is 2.67 bits per heavy atom. The van der Waals surface area contributed by atoms with Gasteiger partial charge >= 0.3 is 17.9 Å². The number of urea groups is 1. The van der Waals surface area contributed by atoms with Gasteiger partial charge in [0.1, 0.15) is 6.54 Å². The highest BCUT2D eigenvalue weighted by atomic mass is 16.4. The third-order valence-electron chi connectivity index (χ3n) is 3.23. The molecule has 2 heterocycles. The van der Waals surface area contributed by atoms with Crippen molar-refractivity contribution in [1.82, 2.24) is 15.3 Å². The molecule has 0 saturated carbocycles. The van der Waals surface area contributed by atoms with Crippen LogP contribution in [0.2, 0.25) is 0 Å². The van der Waals surface area contributed by atoms with Crippen molar-refractivity contribution >= 4 is 23.9 Å². The molecule has 1 atom stereocenters. The minimum absolute atomic E-state index is 0.122. The summed E-state index contributed by atoms with van der Waals surface area (Å²) < 4.78 is -0.688. The molecule has 1 fully saturated rings. The van der Waals surface area contributed by atoms with Gasteiger partial charge in [-0.15, -0.1) is 0 Å². The molecule has 0 spiro atoms. The van der Waals surface area contributed by atoms with Crippen molar-refractivity contribution in [3.63, 3.8) is 0 Å². The van der Waals surface area contributed by atoms with Gasteiger partial charge in [-0.3, -0.25) is 5.32 Å². The Morgan fingerprint density at radius 1 is 1.38 bits per heavy atom. The lowest BCUT2D eigenvalue weighted by Crippen LogP contribution is -2.56. The zero-order valence-electron chi connectivity index (χ0n) is 11.3. The zero-order chi connectivity index (χ0) is 15.3. The first-order valence-electron chi connectivity index (χ1n) is 6.46. The summed E-state index contributed by atoms with van der Waals surface area (Å²) in [6, 6.07) is 1.13. The molecule has 0 bridgehead atoms. The number of nitrogens with zero attached hydrogens (tertiary/aromatic N) is 3. The SMILES string of the molecule is O=C(O)C[N+]1(CCCNc2ncccn2)C(=O)CNC1=O. The van der Waals surface area contributed by atoms with Crippen LogP contribution >= 0.6 is 0 Å². The molecule has 0 radical (unpaired) electrons. The zero-order valence-corrected chi connectivity index (χ0v) is 11.3. The smallest absolute Gasteiger partial charge is 0.425 e. The van der Waals surface area contributed by atoms with Crippen LogP contribution in [0.3, 0.4) is 0 Å². The van der Waals surface area contributed by atoms with Crippen LogP contribution in [0, 0.1) is 0 Å². The summed E-state index contributed by atoms with van der Waals surface area (Å²) in [7, 11) is 0. The Morgan fingerprint density at radius 2 is 2.10 bits per heavy atom. The first kappa shape index (κ1) is 14.9. The summed E-state index contributed by atoms with van der Waals surface area (Å²) in [5.74, 6) is -1.16. The number of carboxylic acid groups (broad SMARTS) is 1. The molecule has 1 aromatic heterocycles. The Balaban J connectivity index is 1.93. The normalized spacial score (nSPS) is 21.1. The first-order valence-corrected chi connectivity index (χ1v) is 6.46. The standard InChI is InChI=1S/C12H15N5O4/c18-9-7-16-12(21)17(9,8-10(19)20)6-2-5-15-11-13-3-1-4-14-11/h1,3-4H,2,5-8H2,(H2-,13,14,15,16,19,20,21)/p+1. The molecule has 1 saturated heterocycles. The van der Waals surface area contributed by atoms with E-state index in [-0.39, 0.29) is 13.1 Å². The Labute approximate surface area is 120 Å². The summed E-state index contributed by atoms with van der Waals surface area (Å²) in [5, 5.41) is 14.3. The second-order valence-electron chi connectivity index (χ2n) is 4.65. The quantitative estimate of drug-likeness (QED) is 0.350. The number of aromatic nitrogens is 2. The molecule has 1 aliphatic heterocycles. The van der Waals surface area contributed by atoms with Gasteiger partial charge in [-0.1, -0.05) is 0 Å². The van der Waals surface area contributed by atoms with E-state index in [1.54, 1.807) is 18.5 Å². The predicted molar refractivity (Wildman–Crippen MR) is 71.2 cm³/mol. The molecular weight excluding hydrogens is 278 g/mol. The maximum atomic E-state index is 11.9. The van der Waals surface area contributed by atoms with E-state index in [2.05, 4.69) is 20.6 Å². The van der Waals surface area contributed by atoms with Crippen LogP contribution in [0.25, 0.3) is 0 Å². The van der Waals surface area contributed by atoms with E-state index < -0.39 is 28.9 Å². The summed E-state index contributed by atoms with van der Waals surface area (Å²) in [5.41, 5.74) is 0. The van der Waals surface area contributed by atoms with Gasteiger partial charge < -0.3 is 10.4 Å². The maximum Gasteiger partial charge on any atom is 0.425 e. The molecule has 9 nitrogen and oxygen atoms in total. The average molecular weight is 294 g/mol. The minimum atomic E-state index is -1.18. The summed E-state index contributed by atoms with van der Waals surface area (Å²) >= 11 is 0. The summed E-state index contributed by atoms with van der Waals surface area (Å²) in [6.07, 6.45) is 3.61. The Kier molecular flexibility index (Phi) is 4.43. The number of aliphatic carboxylic acids is 1. The number of hydrogen-bond donors (Lipinski definition) is 3. The van der Waals surface area contributed by atoms with Gasteiger partial charge in [-0.2, -0.15) is 4.48 Å². The van der Waals surface area contributed by atoms with Crippen LogP contribution in [-0.4, -0.2) is 63.6 Å². The van der Waals surface area contributed by atoms with Crippen LogP contribution in [-0.2, 0) is 9.59 Å². The largest absolute Gasteiger partial charge is 0.477 e. The number of imide groups is 1. The van der Waals surface area contributed by atoms with Crippen molar-refractivity contribution in [2.24, 2.45) is 0 Å². The number of carbonyl (C=O) groups is 3. The molecule has 0 aliphatic carbocycles. The molecule has 21 heavy (non-hydrogen) atoms. The predicted octanol–water partition coefficient (Wildman–Crippen LogP) is -0.570. The lowest BCUT2D eigenvalue weighted by Gasteiger charge is -2.25. The molecule has 0 aromatic carbocycles. The second kappa shape index (κ2) is 6.27. The van der Waals surface area contributed by atoms with Gasteiger partial charge in [0.05, 0.1) is 6.54 Å². The third-order valence-corrected chi connectivity index (χ3v) is 3.23. The van der Waals surface area contributed by atoms with Gasteiger partial charge in [0.2, 0.25) is 5.95 Å². The highest BCUT2D eigenvalue weighted by molar-refractivity contribution is 5.93. The highest BCUT2D eigenvalue weighted by Crippen LogP contribution is 2.15. The maximum absolute atomic E-state index is 11.9. The average Bonchev–Trinajstić information content (AvgIpc) is 2.73. The number of nitrogens with one attached hydrogen (secondary N) is 2. The van der Waals surface area contributed by atoms with Crippen LogP contribution in [0.4, 0.5) is 10.7 Å². The van der Waals surface area contributed by atoms with Gasteiger partial charge in [-0.05, 0) is 6.07 Å². The van der Waals surface area contributed by atoms with Crippen molar-refractivity contribution < 1.29 is 24.0 Å². The van der Waals surface area contributed by atoms with Crippen LogP contribution in [0.1, 0.15) is 6.42 Å². The molecule has 112 valence electrons. The van der Waals surface area contributed by atoms with E-state index in [0.717, 1.165) is 0 Å². The number of hydrogen-bond acceptors (Lipinski definition) is 6. The van der Waals surface area contributed by atoms with Crippen molar-refractivity contribution in [3.05, 3.63) is 18.5 Å². The van der Waals surface area contributed by atoms with Gasteiger partial charge in [-0.25, -0.2) is 24.4 Å². The fourth-order valence-corrected chi connectivity index (χ4v) is 2.20. The van der Waals surface area contributed by atoms with E-state index in [9.17, 15) is 14.4 Å². The van der Waals surface area contributed by atoms with E-state index in [1.807, 2.05) is 0 Å². The number of amides is 3. The molecular formula is C12H16N5O4+. The van der Waals surface area contributed by atoms with Crippen molar-refractivity contribution in [1.29, 1.82) is 0 Å². The van der Waals surface area contributed by atoms with Crippen LogP contribution in [0.5, 0.6) is 0 Å². The second-order valence-corrected chi connectivity index (χ2v) is 4.65. The summed E-state index contributed by atoms with van der Waals surface area (Å²) in [6.45, 7) is -0.102. The van der Waals surface area contributed by atoms with E-state index in [4.69, 9.17) is 5.11 Å². The molecule has 1 aromatic rings. The Bertz CT molecular complexity index is 532. The topological polar surface area (TPSA) is 121 Å². The molecule has 3 N–H and O–H groups in total. The fourth-order valence-electron chi connectivity index (χ4n) is 2.20. The lowest BCUT2D eigenvalue weighted by atomic mass is 10.3. The molecule has 1 unspecified atom stereocenters. The highest BCUT2D eigenvalue weighted by Gasteiger charge is 2.51. The van der Waals surface area contributed by atoms with Crippen molar-refractivity contribution in [3.8, 4) is 0 Å². The molecule has 3 amide bonds. The van der Waals surface area contributed by atoms with Gasteiger partial charge in [0, 0.05) is 25.4 Å². The van der Waals surface area contributed by atoms with Crippen LogP contribution < -0.4 is 10.6 Å². The van der Waals surface area contributed by atoms with Crippen LogP contribution in [0.15, 0.2) is 18.5 Å². The van der Waals surface area contributed by atoms with Crippen molar-refractivity contribution in [2.75, 3.05) is 31.5 Å². The van der Waals surface area contributed by atoms with E-state index in [1.165, 1.54) is 0 Å². The summed E-state index contributed by atoms with van der Waals surface area (Å²) in [4.78, 5) is 42.6. The lowest BCUT2D eigenvalue weighted by molar-refractivity contribution is -0.759. The number of quaternary nitrogens is 1.